The van der Waals surface area contributed by atoms with Gasteiger partial charge in [-0.1, -0.05) is 0 Å². The number of nitrogens with one attached hydrogen (secondary N) is 3. The zero-order valence-corrected chi connectivity index (χ0v) is 12.7. The van der Waals surface area contributed by atoms with Crippen LogP contribution < -0.4 is 16.4 Å². The second kappa shape index (κ2) is 4.85. The molecule has 0 bridgehead atoms. The lowest BCUT2D eigenvalue weighted by atomic mass is 10.2. The van der Waals surface area contributed by atoms with Crippen LogP contribution in [-0.2, 0) is 0 Å². The number of H-pyrrole nitrogens is 1. The van der Waals surface area contributed by atoms with Gasteiger partial charge in [0.2, 0.25) is 5.95 Å². The summed E-state index contributed by atoms with van der Waals surface area (Å²) in [6.45, 7) is 0. The van der Waals surface area contributed by atoms with Gasteiger partial charge in [-0.3, -0.25) is 5.10 Å². The highest BCUT2D eigenvalue weighted by atomic mass is 16.3. The van der Waals surface area contributed by atoms with Gasteiger partial charge in [-0.05, 0) is 31.0 Å². The Morgan fingerprint density at radius 1 is 1.21 bits per heavy atom. The van der Waals surface area contributed by atoms with Crippen LogP contribution in [0.5, 0.6) is 0 Å². The molecule has 0 atom stereocenters. The fourth-order valence-electron chi connectivity index (χ4n) is 2.69. The zero-order chi connectivity index (χ0) is 16.1. The standard InChI is InChI=1S/C16H15N7O/c17-14-10-4-3-9(7-12(10)22-23-14)19-16-20-11-5-6-24-13(11)15(21-16)18-8-1-2-8/h3-8H,1-2H2,(H3,17,22,23)(H2,18,19,20,21). The zero-order valence-electron chi connectivity index (χ0n) is 12.7. The number of anilines is 4. The molecule has 1 aliphatic carbocycles. The number of nitrogens with zero attached hydrogens (tertiary/aromatic N) is 3. The minimum Gasteiger partial charge on any atom is -0.459 e. The first-order valence-corrected chi connectivity index (χ1v) is 7.79. The molecule has 3 aromatic heterocycles. The minimum atomic E-state index is 0.477. The number of aromatic amines is 1. The predicted octanol–water partition coefficient (Wildman–Crippen LogP) is 3.00. The van der Waals surface area contributed by atoms with Gasteiger partial charge in [0.15, 0.2) is 17.2 Å². The van der Waals surface area contributed by atoms with E-state index in [4.69, 9.17) is 10.2 Å². The summed E-state index contributed by atoms with van der Waals surface area (Å²) in [6, 6.07) is 8.07. The third-order valence-corrected chi connectivity index (χ3v) is 4.07. The first-order chi connectivity index (χ1) is 11.8. The number of furan rings is 1. The minimum absolute atomic E-state index is 0.477. The van der Waals surface area contributed by atoms with Crippen LogP contribution in [0.3, 0.4) is 0 Å². The Morgan fingerprint density at radius 2 is 2.12 bits per heavy atom. The van der Waals surface area contributed by atoms with E-state index in [1.54, 1.807) is 6.26 Å². The van der Waals surface area contributed by atoms with E-state index in [2.05, 4.69) is 30.8 Å². The van der Waals surface area contributed by atoms with E-state index < -0.39 is 0 Å². The van der Waals surface area contributed by atoms with E-state index in [-0.39, 0.29) is 0 Å². The van der Waals surface area contributed by atoms with Crippen molar-refractivity contribution in [3.05, 3.63) is 30.5 Å². The maximum absolute atomic E-state index is 5.80. The maximum atomic E-state index is 5.80. The van der Waals surface area contributed by atoms with E-state index >= 15 is 0 Å². The summed E-state index contributed by atoms with van der Waals surface area (Å²) in [5, 5.41) is 14.4. The highest BCUT2D eigenvalue weighted by Crippen LogP contribution is 2.30. The molecule has 4 aromatic rings. The number of hydrogen-bond donors (Lipinski definition) is 4. The Morgan fingerprint density at radius 3 is 3.00 bits per heavy atom. The van der Waals surface area contributed by atoms with Gasteiger partial charge in [-0.25, -0.2) is 4.98 Å². The van der Waals surface area contributed by atoms with Crippen molar-refractivity contribution in [2.24, 2.45) is 0 Å². The number of fused-ring (bicyclic) bond motifs is 2. The molecule has 8 heteroatoms. The summed E-state index contributed by atoms with van der Waals surface area (Å²) >= 11 is 0. The summed E-state index contributed by atoms with van der Waals surface area (Å²) in [7, 11) is 0. The number of nitrogens with two attached hydrogens (primary N) is 1. The predicted molar refractivity (Wildman–Crippen MR) is 92.2 cm³/mol. The number of nitrogen functional groups attached to an aromatic ring is 1. The molecule has 1 aromatic carbocycles. The molecule has 0 unspecified atom stereocenters. The monoisotopic (exact) mass is 321 g/mol. The van der Waals surface area contributed by atoms with Gasteiger partial charge in [0.05, 0.1) is 11.8 Å². The molecule has 8 nitrogen and oxygen atoms in total. The number of hydrogen-bond acceptors (Lipinski definition) is 7. The number of benzene rings is 1. The van der Waals surface area contributed by atoms with Crippen molar-refractivity contribution in [3.8, 4) is 0 Å². The van der Waals surface area contributed by atoms with Crippen LogP contribution >= 0.6 is 0 Å². The highest BCUT2D eigenvalue weighted by Gasteiger charge is 2.23. The van der Waals surface area contributed by atoms with Gasteiger partial charge >= 0.3 is 0 Å². The Bertz CT molecular complexity index is 1050. The van der Waals surface area contributed by atoms with Gasteiger partial charge in [0.25, 0.3) is 0 Å². The fraction of sp³-hybridized carbons (Fsp3) is 0.188. The number of aromatic nitrogens is 4. The van der Waals surface area contributed by atoms with Crippen LogP contribution in [0.4, 0.5) is 23.3 Å². The Labute approximate surface area is 136 Å². The van der Waals surface area contributed by atoms with Crippen molar-refractivity contribution in [1.82, 2.24) is 20.2 Å². The molecule has 24 heavy (non-hydrogen) atoms. The van der Waals surface area contributed by atoms with E-state index in [0.717, 1.165) is 40.8 Å². The van der Waals surface area contributed by atoms with Crippen molar-refractivity contribution in [1.29, 1.82) is 0 Å². The lowest BCUT2D eigenvalue weighted by Crippen LogP contribution is -2.06. The highest BCUT2D eigenvalue weighted by molar-refractivity contribution is 5.91. The average Bonchev–Trinajstić information content (AvgIpc) is 3.13. The summed E-state index contributed by atoms with van der Waals surface area (Å²) in [6.07, 6.45) is 3.94. The summed E-state index contributed by atoms with van der Waals surface area (Å²) in [5.74, 6) is 1.73. The van der Waals surface area contributed by atoms with E-state index in [1.807, 2.05) is 24.3 Å². The third kappa shape index (κ3) is 2.19. The largest absolute Gasteiger partial charge is 0.459 e. The van der Waals surface area contributed by atoms with E-state index in [9.17, 15) is 0 Å². The maximum Gasteiger partial charge on any atom is 0.229 e. The average molecular weight is 321 g/mol. The van der Waals surface area contributed by atoms with Crippen LogP contribution in [0.15, 0.2) is 34.9 Å². The summed E-state index contributed by atoms with van der Waals surface area (Å²) < 4.78 is 5.50. The lowest BCUT2D eigenvalue weighted by Gasteiger charge is -2.09. The molecule has 0 saturated heterocycles. The van der Waals surface area contributed by atoms with Crippen LogP contribution in [0.25, 0.3) is 22.0 Å². The van der Waals surface area contributed by atoms with E-state index in [0.29, 0.717) is 23.4 Å². The van der Waals surface area contributed by atoms with Crippen LogP contribution in [0.2, 0.25) is 0 Å². The molecular weight excluding hydrogens is 306 g/mol. The SMILES string of the molecule is Nc1n[nH]c2cc(Nc3nc(NC4CC4)c4occc4n3)ccc12. The van der Waals surface area contributed by atoms with Crippen molar-refractivity contribution in [2.75, 3.05) is 16.4 Å². The molecule has 120 valence electrons. The quantitative estimate of drug-likeness (QED) is 0.456. The first kappa shape index (κ1) is 13.2. The summed E-state index contributed by atoms with van der Waals surface area (Å²) in [4.78, 5) is 9.05. The van der Waals surface area contributed by atoms with Gasteiger partial charge in [-0.15, -0.1) is 0 Å². The first-order valence-electron chi connectivity index (χ1n) is 7.79. The molecule has 0 spiro atoms. The Kier molecular flexibility index (Phi) is 2.66. The molecule has 1 fully saturated rings. The van der Waals surface area contributed by atoms with Crippen molar-refractivity contribution in [3.63, 3.8) is 0 Å². The van der Waals surface area contributed by atoms with Crippen LogP contribution in [-0.4, -0.2) is 26.2 Å². The van der Waals surface area contributed by atoms with Gasteiger partial charge in [0.1, 0.15) is 5.52 Å². The molecular formula is C16H15N7O. The topological polar surface area (TPSA) is 118 Å². The molecule has 0 radical (unpaired) electrons. The van der Waals surface area contributed by atoms with Crippen LogP contribution in [0, 0.1) is 0 Å². The van der Waals surface area contributed by atoms with E-state index in [1.165, 1.54) is 0 Å². The molecule has 5 N–H and O–H groups in total. The molecule has 1 saturated carbocycles. The lowest BCUT2D eigenvalue weighted by molar-refractivity contribution is 0.614. The normalized spacial score (nSPS) is 14.3. The van der Waals surface area contributed by atoms with Gasteiger partial charge < -0.3 is 20.8 Å². The Hall–Kier alpha value is -3.29. The molecule has 1 aliphatic rings. The van der Waals surface area contributed by atoms with Gasteiger partial charge in [-0.2, -0.15) is 10.1 Å². The van der Waals surface area contributed by atoms with Crippen molar-refractivity contribution < 1.29 is 4.42 Å². The third-order valence-electron chi connectivity index (χ3n) is 4.07. The Balaban J connectivity index is 1.52. The number of rotatable bonds is 4. The van der Waals surface area contributed by atoms with Gasteiger partial charge in [0, 0.05) is 23.2 Å². The van der Waals surface area contributed by atoms with Crippen molar-refractivity contribution in [2.45, 2.75) is 18.9 Å². The second-order valence-corrected chi connectivity index (χ2v) is 5.94. The molecule has 0 amide bonds. The fourth-order valence-corrected chi connectivity index (χ4v) is 2.69. The molecule has 5 rings (SSSR count). The molecule has 0 aliphatic heterocycles. The van der Waals surface area contributed by atoms with Crippen LogP contribution in [0.1, 0.15) is 12.8 Å². The summed E-state index contributed by atoms with van der Waals surface area (Å²) in [5.41, 5.74) is 8.96. The molecule has 3 heterocycles. The smallest absolute Gasteiger partial charge is 0.229 e. The second-order valence-electron chi connectivity index (χ2n) is 5.94. The van der Waals surface area contributed by atoms with Crippen molar-refractivity contribution >= 4 is 45.3 Å².